The Kier molecular flexibility index (Phi) is 6.04. The normalized spacial score (nSPS) is 13.4. The molecule has 1 aliphatic rings. The topological polar surface area (TPSA) is 38.8 Å². The van der Waals surface area contributed by atoms with Crippen LogP contribution >= 0.6 is 0 Å². The molecular formula is C23H29NO3. The molecule has 2 aromatic rings. The van der Waals surface area contributed by atoms with Crippen LogP contribution in [0.2, 0.25) is 0 Å². The van der Waals surface area contributed by atoms with Crippen LogP contribution in [0.25, 0.3) is 0 Å². The molecule has 4 heteroatoms. The maximum Gasteiger partial charge on any atom is 0.227 e. The number of methoxy groups -OCH3 is 2. The van der Waals surface area contributed by atoms with Crippen LogP contribution < -0.4 is 9.47 Å². The highest BCUT2D eigenvalue weighted by atomic mass is 16.5. The molecule has 0 saturated carbocycles. The van der Waals surface area contributed by atoms with Gasteiger partial charge in [0.2, 0.25) is 5.91 Å². The molecular weight excluding hydrogens is 338 g/mol. The van der Waals surface area contributed by atoms with E-state index < -0.39 is 0 Å². The van der Waals surface area contributed by atoms with Gasteiger partial charge in [0.25, 0.3) is 0 Å². The van der Waals surface area contributed by atoms with Gasteiger partial charge in [-0.2, -0.15) is 0 Å². The van der Waals surface area contributed by atoms with Crippen LogP contribution in [0.3, 0.4) is 0 Å². The van der Waals surface area contributed by atoms with Gasteiger partial charge in [-0.05, 0) is 53.1 Å². The second-order valence-electron chi connectivity index (χ2n) is 7.63. The van der Waals surface area contributed by atoms with E-state index in [-0.39, 0.29) is 5.91 Å². The van der Waals surface area contributed by atoms with Crippen LogP contribution in [-0.2, 0) is 30.6 Å². The van der Waals surface area contributed by atoms with Gasteiger partial charge in [-0.1, -0.05) is 38.1 Å². The SMILES string of the molecule is COc1cc2c(cc1OC)CN(C(=O)Cc1ccc(CC(C)C)cc1)CC2. The third-order valence-corrected chi connectivity index (χ3v) is 5.09. The van der Waals surface area contributed by atoms with Crippen LogP contribution in [0.5, 0.6) is 11.5 Å². The molecule has 1 aliphatic heterocycles. The Morgan fingerprint density at radius 3 is 2.19 bits per heavy atom. The predicted molar refractivity (Wildman–Crippen MR) is 107 cm³/mol. The number of ether oxygens (including phenoxy) is 2. The smallest absolute Gasteiger partial charge is 0.227 e. The van der Waals surface area contributed by atoms with Crippen LogP contribution in [0.4, 0.5) is 0 Å². The van der Waals surface area contributed by atoms with E-state index in [1.807, 2.05) is 17.0 Å². The molecule has 0 bridgehead atoms. The Bertz CT molecular complexity index is 796. The van der Waals surface area contributed by atoms with Gasteiger partial charge in [0.15, 0.2) is 11.5 Å². The number of amides is 1. The van der Waals surface area contributed by atoms with E-state index in [9.17, 15) is 4.79 Å². The van der Waals surface area contributed by atoms with Gasteiger partial charge in [-0.15, -0.1) is 0 Å². The highest BCUT2D eigenvalue weighted by Gasteiger charge is 2.23. The summed E-state index contributed by atoms with van der Waals surface area (Å²) in [5.41, 5.74) is 4.77. The summed E-state index contributed by atoms with van der Waals surface area (Å²) in [6.07, 6.45) is 2.36. The van der Waals surface area contributed by atoms with Gasteiger partial charge in [0.05, 0.1) is 20.6 Å². The predicted octanol–water partition coefficient (Wildman–Crippen LogP) is 4.03. The minimum atomic E-state index is 0.173. The van der Waals surface area contributed by atoms with Gasteiger partial charge in [-0.25, -0.2) is 0 Å². The van der Waals surface area contributed by atoms with Crippen LogP contribution in [0, 0.1) is 5.92 Å². The van der Waals surface area contributed by atoms with Crippen molar-refractivity contribution in [2.45, 2.75) is 39.7 Å². The highest BCUT2D eigenvalue weighted by molar-refractivity contribution is 5.79. The number of fused-ring (bicyclic) bond motifs is 1. The lowest BCUT2D eigenvalue weighted by Crippen LogP contribution is -2.36. The molecule has 2 aromatic carbocycles. The van der Waals surface area contributed by atoms with Gasteiger partial charge < -0.3 is 14.4 Å². The van der Waals surface area contributed by atoms with E-state index in [4.69, 9.17) is 9.47 Å². The number of hydrogen-bond donors (Lipinski definition) is 0. The van der Waals surface area contributed by atoms with Crippen molar-refractivity contribution in [1.82, 2.24) is 4.90 Å². The average Bonchev–Trinajstić information content (AvgIpc) is 2.67. The first-order chi connectivity index (χ1) is 13.0. The molecule has 27 heavy (non-hydrogen) atoms. The van der Waals surface area contributed by atoms with Crippen LogP contribution in [0.15, 0.2) is 36.4 Å². The standard InChI is InChI=1S/C23H29NO3/c1-16(2)11-17-5-7-18(8-6-17)12-23(25)24-10-9-19-13-21(26-3)22(27-4)14-20(19)15-24/h5-8,13-14,16H,9-12,15H2,1-4H3. The van der Waals surface area contributed by atoms with Crippen LogP contribution in [-0.4, -0.2) is 31.6 Å². The molecule has 0 saturated heterocycles. The number of benzene rings is 2. The fraction of sp³-hybridized carbons (Fsp3) is 0.435. The Morgan fingerprint density at radius 1 is 1.00 bits per heavy atom. The van der Waals surface area contributed by atoms with Gasteiger partial charge >= 0.3 is 0 Å². The van der Waals surface area contributed by atoms with E-state index >= 15 is 0 Å². The summed E-state index contributed by atoms with van der Waals surface area (Å²) in [6.45, 7) is 5.80. The van der Waals surface area contributed by atoms with E-state index in [1.165, 1.54) is 11.1 Å². The van der Waals surface area contributed by atoms with Crippen molar-refractivity contribution < 1.29 is 14.3 Å². The summed E-state index contributed by atoms with van der Waals surface area (Å²) in [4.78, 5) is 14.7. The van der Waals surface area contributed by atoms with E-state index in [2.05, 4.69) is 38.1 Å². The van der Waals surface area contributed by atoms with E-state index in [0.29, 0.717) is 24.6 Å². The van der Waals surface area contributed by atoms with Gasteiger partial charge in [0.1, 0.15) is 0 Å². The molecule has 3 rings (SSSR count). The average molecular weight is 367 g/mol. The van der Waals surface area contributed by atoms with Gasteiger partial charge in [0, 0.05) is 13.1 Å². The van der Waals surface area contributed by atoms with E-state index in [0.717, 1.165) is 36.3 Å². The van der Waals surface area contributed by atoms with Crippen molar-refractivity contribution >= 4 is 5.91 Å². The van der Waals surface area contributed by atoms with E-state index in [1.54, 1.807) is 14.2 Å². The summed E-state index contributed by atoms with van der Waals surface area (Å²) in [5.74, 6) is 2.28. The molecule has 0 unspecified atom stereocenters. The molecule has 144 valence electrons. The summed E-state index contributed by atoms with van der Waals surface area (Å²) in [7, 11) is 3.29. The number of rotatable bonds is 6. The molecule has 0 aromatic heterocycles. The summed E-state index contributed by atoms with van der Waals surface area (Å²) in [5, 5.41) is 0. The summed E-state index contributed by atoms with van der Waals surface area (Å²) in [6, 6.07) is 12.5. The molecule has 1 amide bonds. The lowest BCUT2D eigenvalue weighted by atomic mass is 9.97. The minimum Gasteiger partial charge on any atom is -0.493 e. The number of carbonyl (C=O) groups is 1. The Labute approximate surface area is 162 Å². The first-order valence-electron chi connectivity index (χ1n) is 9.59. The number of nitrogens with zero attached hydrogens (tertiary/aromatic N) is 1. The summed E-state index contributed by atoms with van der Waals surface area (Å²) >= 11 is 0. The lowest BCUT2D eigenvalue weighted by molar-refractivity contribution is -0.131. The van der Waals surface area contributed by atoms with Crippen molar-refractivity contribution in [3.8, 4) is 11.5 Å². The number of hydrogen-bond acceptors (Lipinski definition) is 3. The van der Waals surface area contributed by atoms with Crippen molar-refractivity contribution in [2.75, 3.05) is 20.8 Å². The Hall–Kier alpha value is -2.49. The zero-order valence-electron chi connectivity index (χ0n) is 16.7. The van der Waals surface area contributed by atoms with Gasteiger partial charge in [-0.3, -0.25) is 4.79 Å². The highest BCUT2D eigenvalue weighted by Crippen LogP contribution is 2.33. The Morgan fingerprint density at radius 2 is 1.59 bits per heavy atom. The molecule has 0 atom stereocenters. The molecule has 0 fully saturated rings. The molecule has 0 radical (unpaired) electrons. The monoisotopic (exact) mass is 367 g/mol. The third kappa shape index (κ3) is 4.62. The molecule has 4 nitrogen and oxygen atoms in total. The fourth-order valence-corrected chi connectivity index (χ4v) is 3.65. The maximum absolute atomic E-state index is 12.8. The lowest BCUT2D eigenvalue weighted by Gasteiger charge is -2.29. The molecule has 0 N–H and O–H groups in total. The second kappa shape index (κ2) is 8.47. The fourth-order valence-electron chi connectivity index (χ4n) is 3.65. The van der Waals surface area contributed by atoms with Crippen LogP contribution in [0.1, 0.15) is 36.1 Å². The second-order valence-corrected chi connectivity index (χ2v) is 7.63. The quantitative estimate of drug-likeness (QED) is 0.774. The first-order valence-corrected chi connectivity index (χ1v) is 9.59. The summed E-state index contributed by atoms with van der Waals surface area (Å²) < 4.78 is 10.8. The van der Waals surface area contributed by atoms with Crippen molar-refractivity contribution in [3.63, 3.8) is 0 Å². The maximum atomic E-state index is 12.8. The molecule has 0 spiro atoms. The Balaban J connectivity index is 1.67. The van der Waals surface area contributed by atoms with Crippen molar-refractivity contribution in [2.24, 2.45) is 5.92 Å². The zero-order chi connectivity index (χ0) is 19.4. The zero-order valence-corrected chi connectivity index (χ0v) is 16.7. The largest absolute Gasteiger partial charge is 0.493 e. The number of carbonyl (C=O) groups excluding carboxylic acids is 1. The van der Waals surface area contributed by atoms with Crippen molar-refractivity contribution in [3.05, 3.63) is 58.7 Å². The first kappa shape index (κ1) is 19.3. The third-order valence-electron chi connectivity index (χ3n) is 5.09. The molecule has 1 heterocycles. The molecule has 0 aliphatic carbocycles. The minimum absolute atomic E-state index is 0.173. The van der Waals surface area contributed by atoms with Crippen molar-refractivity contribution in [1.29, 1.82) is 0 Å².